The van der Waals surface area contributed by atoms with Crippen LogP contribution < -0.4 is 4.74 Å². The number of benzene rings is 1. The summed E-state index contributed by atoms with van der Waals surface area (Å²) in [6.07, 6.45) is -10.1. The molecule has 0 aliphatic rings. The molecule has 0 bridgehead atoms. The number of nitrogens with zero attached hydrogens (tertiary/aromatic N) is 1. The molecule has 0 aliphatic heterocycles. The number of nitriles is 1. The van der Waals surface area contributed by atoms with Crippen LogP contribution in [0.25, 0.3) is 0 Å². The second-order valence-electron chi connectivity index (χ2n) is 3.21. The maximum atomic E-state index is 12.6. The minimum atomic E-state index is -5.04. The molecule has 98 valence electrons. The van der Waals surface area contributed by atoms with Gasteiger partial charge in [-0.15, -0.1) is 0 Å². The minimum Gasteiger partial charge on any atom is -0.495 e. The molecule has 1 aromatic carbocycles. The van der Waals surface area contributed by atoms with Crippen LogP contribution in [0.5, 0.6) is 5.75 Å². The highest BCUT2D eigenvalue weighted by molar-refractivity contribution is 5.50. The zero-order valence-corrected chi connectivity index (χ0v) is 8.78. The highest BCUT2D eigenvalue weighted by Gasteiger charge is 2.42. The van der Waals surface area contributed by atoms with Crippen molar-refractivity contribution in [2.75, 3.05) is 7.11 Å². The third-order valence-corrected chi connectivity index (χ3v) is 2.03. The van der Waals surface area contributed by atoms with E-state index in [-0.39, 0.29) is 0 Å². The van der Waals surface area contributed by atoms with Crippen LogP contribution in [0, 0.1) is 11.3 Å². The molecule has 18 heavy (non-hydrogen) atoms. The van der Waals surface area contributed by atoms with Gasteiger partial charge in [0, 0.05) is 0 Å². The van der Waals surface area contributed by atoms with E-state index in [0.717, 1.165) is 0 Å². The Hall–Kier alpha value is -1.91. The van der Waals surface area contributed by atoms with Crippen LogP contribution in [0.4, 0.5) is 26.3 Å². The van der Waals surface area contributed by atoms with Gasteiger partial charge in [-0.2, -0.15) is 31.6 Å². The van der Waals surface area contributed by atoms with Gasteiger partial charge in [0.2, 0.25) is 0 Å². The zero-order chi connectivity index (χ0) is 14.1. The van der Waals surface area contributed by atoms with Gasteiger partial charge in [-0.3, -0.25) is 0 Å². The molecular formula is C10H5F6NO. The van der Waals surface area contributed by atoms with Crippen LogP contribution in [0.1, 0.15) is 16.7 Å². The molecular weight excluding hydrogens is 264 g/mol. The zero-order valence-electron chi connectivity index (χ0n) is 8.78. The topological polar surface area (TPSA) is 33.0 Å². The molecule has 0 fully saturated rings. The summed E-state index contributed by atoms with van der Waals surface area (Å²) in [7, 11) is 0.700. The van der Waals surface area contributed by atoms with Gasteiger partial charge in [-0.25, -0.2) is 0 Å². The van der Waals surface area contributed by atoms with Crippen molar-refractivity contribution in [3.63, 3.8) is 0 Å². The standard InChI is InChI=1S/C10H5F6NO/c1-18-8-6(9(11,12)13)2-5(4-17)3-7(8)10(14,15)16/h2-3H,1H3. The lowest BCUT2D eigenvalue weighted by Crippen LogP contribution is -2.14. The van der Waals surface area contributed by atoms with Crippen molar-refractivity contribution in [1.29, 1.82) is 5.26 Å². The number of methoxy groups -OCH3 is 1. The van der Waals surface area contributed by atoms with Crippen LogP contribution >= 0.6 is 0 Å². The number of alkyl halides is 6. The first kappa shape index (κ1) is 14.2. The molecule has 0 unspecified atom stereocenters. The SMILES string of the molecule is COc1c(C(F)(F)F)cc(C#N)cc1C(F)(F)F. The third-order valence-electron chi connectivity index (χ3n) is 2.03. The summed E-state index contributed by atoms with van der Waals surface area (Å²) in [6, 6.07) is 1.87. The quantitative estimate of drug-likeness (QED) is 0.730. The fourth-order valence-electron chi connectivity index (χ4n) is 1.33. The molecule has 1 rings (SSSR count). The Morgan fingerprint density at radius 1 is 1.00 bits per heavy atom. The number of hydrogen-bond donors (Lipinski definition) is 0. The molecule has 8 heteroatoms. The number of halogens is 6. The van der Waals surface area contributed by atoms with Crippen molar-refractivity contribution in [2.24, 2.45) is 0 Å². The van der Waals surface area contributed by atoms with Crippen LogP contribution in [0.2, 0.25) is 0 Å². The van der Waals surface area contributed by atoms with Gasteiger partial charge >= 0.3 is 12.4 Å². The Morgan fingerprint density at radius 2 is 1.39 bits per heavy atom. The Bertz CT molecular complexity index is 462. The summed E-state index contributed by atoms with van der Waals surface area (Å²) in [5, 5.41) is 8.46. The van der Waals surface area contributed by atoms with Crippen molar-refractivity contribution in [3.05, 3.63) is 28.8 Å². The highest BCUT2D eigenvalue weighted by Crippen LogP contribution is 2.44. The molecule has 0 saturated carbocycles. The van der Waals surface area contributed by atoms with E-state index < -0.39 is 34.8 Å². The van der Waals surface area contributed by atoms with Crippen LogP contribution in [0.15, 0.2) is 12.1 Å². The summed E-state index contributed by atoms with van der Waals surface area (Å²) in [5.74, 6) is -1.34. The number of rotatable bonds is 1. The van der Waals surface area contributed by atoms with E-state index in [4.69, 9.17) is 5.26 Å². The lowest BCUT2D eigenvalue weighted by molar-refractivity contribution is -0.145. The lowest BCUT2D eigenvalue weighted by Gasteiger charge is -2.17. The molecule has 1 aromatic rings. The van der Waals surface area contributed by atoms with Crippen LogP contribution in [-0.2, 0) is 12.4 Å². The molecule has 2 nitrogen and oxygen atoms in total. The maximum Gasteiger partial charge on any atom is 0.420 e. The monoisotopic (exact) mass is 269 g/mol. The van der Waals surface area contributed by atoms with Gasteiger partial charge in [-0.1, -0.05) is 0 Å². The average molecular weight is 269 g/mol. The van der Waals surface area contributed by atoms with E-state index in [1.807, 2.05) is 0 Å². The molecule has 0 aromatic heterocycles. The summed E-state index contributed by atoms with van der Waals surface area (Å²) < 4.78 is 79.6. The highest BCUT2D eigenvalue weighted by atomic mass is 19.4. The minimum absolute atomic E-state index is 0.314. The summed E-state index contributed by atoms with van der Waals surface area (Å²) in [6.45, 7) is 0. The van der Waals surface area contributed by atoms with Gasteiger partial charge in [0.25, 0.3) is 0 Å². The lowest BCUT2D eigenvalue weighted by atomic mass is 10.0. The van der Waals surface area contributed by atoms with Crippen molar-refractivity contribution in [3.8, 4) is 11.8 Å². The molecule has 0 radical (unpaired) electrons. The first-order chi connectivity index (χ1) is 8.11. The molecule has 0 atom stereocenters. The molecule has 0 aliphatic carbocycles. The molecule has 0 N–H and O–H groups in total. The predicted octanol–water partition coefficient (Wildman–Crippen LogP) is 3.60. The predicted molar refractivity (Wildman–Crippen MR) is 47.7 cm³/mol. The second-order valence-corrected chi connectivity index (χ2v) is 3.21. The summed E-state index contributed by atoms with van der Waals surface area (Å²) >= 11 is 0. The Balaban J connectivity index is 3.68. The van der Waals surface area contributed by atoms with Crippen LogP contribution in [0.3, 0.4) is 0 Å². The van der Waals surface area contributed by atoms with E-state index in [1.54, 1.807) is 0 Å². The van der Waals surface area contributed by atoms with E-state index >= 15 is 0 Å². The van der Waals surface area contributed by atoms with E-state index in [9.17, 15) is 26.3 Å². The molecule has 0 heterocycles. The second kappa shape index (κ2) is 4.40. The first-order valence-electron chi connectivity index (χ1n) is 4.37. The Labute approximate surface area is 97.4 Å². The molecule has 0 spiro atoms. The smallest absolute Gasteiger partial charge is 0.420 e. The van der Waals surface area contributed by atoms with Crippen molar-refractivity contribution in [2.45, 2.75) is 12.4 Å². The number of ether oxygens (including phenoxy) is 1. The van der Waals surface area contributed by atoms with Crippen molar-refractivity contribution in [1.82, 2.24) is 0 Å². The van der Waals surface area contributed by atoms with Gasteiger partial charge in [-0.05, 0) is 12.1 Å². The van der Waals surface area contributed by atoms with Crippen LogP contribution in [-0.4, -0.2) is 7.11 Å². The third kappa shape index (κ3) is 2.67. The summed E-state index contributed by atoms with van der Waals surface area (Å²) in [5.41, 5.74) is -4.00. The first-order valence-corrected chi connectivity index (χ1v) is 4.37. The average Bonchev–Trinajstić information content (AvgIpc) is 2.24. The van der Waals surface area contributed by atoms with E-state index in [2.05, 4.69) is 4.74 Å². The Kier molecular flexibility index (Phi) is 3.46. The fourth-order valence-corrected chi connectivity index (χ4v) is 1.33. The van der Waals surface area contributed by atoms with Gasteiger partial charge in [0.05, 0.1) is 29.9 Å². The normalized spacial score (nSPS) is 12.1. The molecule has 0 saturated heterocycles. The van der Waals surface area contributed by atoms with Crippen molar-refractivity contribution >= 4 is 0 Å². The van der Waals surface area contributed by atoms with Gasteiger partial charge in [0.1, 0.15) is 5.75 Å². The summed E-state index contributed by atoms with van der Waals surface area (Å²) in [4.78, 5) is 0. The largest absolute Gasteiger partial charge is 0.495 e. The van der Waals surface area contributed by atoms with E-state index in [0.29, 0.717) is 19.2 Å². The fraction of sp³-hybridized carbons (Fsp3) is 0.300. The Morgan fingerprint density at radius 3 is 1.61 bits per heavy atom. The van der Waals surface area contributed by atoms with Gasteiger partial charge < -0.3 is 4.74 Å². The maximum absolute atomic E-state index is 12.6. The number of hydrogen-bond acceptors (Lipinski definition) is 2. The van der Waals surface area contributed by atoms with E-state index in [1.165, 1.54) is 6.07 Å². The molecule has 0 amide bonds. The van der Waals surface area contributed by atoms with Crippen molar-refractivity contribution < 1.29 is 31.1 Å². The van der Waals surface area contributed by atoms with Gasteiger partial charge in [0.15, 0.2) is 0 Å².